The van der Waals surface area contributed by atoms with Gasteiger partial charge in [-0.2, -0.15) is 0 Å². The first-order valence-corrected chi connectivity index (χ1v) is 6.94. The largest absolute Gasteiger partial charge is 0.330 e. The fourth-order valence-corrected chi connectivity index (χ4v) is 2.59. The van der Waals surface area contributed by atoms with Crippen molar-refractivity contribution in [3.8, 4) is 0 Å². The molecule has 4 heteroatoms. The molecule has 1 atom stereocenters. The van der Waals surface area contributed by atoms with E-state index in [1.54, 1.807) is 11.3 Å². The van der Waals surface area contributed by atoms with Crippen LogP contribution in [-0.2, 0) is 16.6 Å². The number of rotatable bonds is 5. The maximum atomic E-state index is 11.9. The standard InChI is InChI=1S/C13H22N2OS/c1-5-9(7-14)10(16)6-12-15-11(8-17-12)13(2,3)4/h8-9H,5-7,14H2,1-4H3. The topological polar surface area (TPSA) is 56.0 Å². The van der Waals surface area contributed by atoms with Crippen molar-refractivity contribution >= 4 is 17.1 Å². The molecule has 1 aromatic rings. The average molecular weight is 254 g/mol. The van der Waals surface area contributed by atoms with Crippen LogP contribution in [0.15, 0.2) is 5.38 Å². The van der Waals surface area contributed by atoms with Crippen molar-refractivity contribution in [1.82, 2.24) is 4.98 Å². The molecule has 1 unspecified atom stereocenters. The number of aromatic nitrogens is 1. The number of ketones is 1. The molecule has 0 aliphatic rings. The molecule has 0 saturated carbocycles. The first kappa shape index (κ1) is 14.3. The van der Waals surface area contributed by atoms with E-state index in [9.17, 15) is 4.79 Å². The van der Waals surface area contributed by atoms with E-state index in [1.807, 2.05) is 12.3 Å². The monoisotopic (exact) mass is 254 g/mol. The van der Waals surface area contributed by atoms with Gasteiger partial charge in [0.1, 0.15) is 10.8 Å². The molecule has 96 valence electrons. The second kappa shape index (κ2) is 5.74. The molecule has 2 N–H and O–H groups in total. The first-order chi connectivity index (χ1) is 7.88. The van der Waals surface area contributed by atoms with Crippen molar-refractivity contribution in [2.24, 2.45) is 11.7 Å². The van der Waals surface area contributed by atoms with Crippen molar-refractivity contribution in [1.29, 1.82) is 0 Å². The Hall–Kier alpha value is -0.740. The number of thiazole rings is 1. The molecule has 0 aromatic carbocycles. The molecule has 0 aliphatic carbocycles. The van der Waals surface area contributed by atoms with Crippen LogP contribution in [0.2, 0.25) is 0 Å². The second-order valence-corrected chi connectivity index (χ2v) is 6.30. The lowest BCUT2D eigenvalue weighted by atomic mass is 9.93. The highest BCUT2D eigenvalue weighted by molar-refractivity contribution is 7.09. The third kappa shape index (κ3) is 3.89. The number of hydrogen-bond acceptors (Lipinski definition) is 4. The van der Waals surface area contributed by atoms with Gasteiger partial charge in [0.05, 0.1) is 12.1 Å². The molecule has 1 heterocycles. The van der Waals surface area contributed by atoms with Crippen molar-refractivity contribution in [3.63, 3.8) is 0 Å². The lowest BCUT2D eigenvalue weighted by molar-refractivity contribution is -0.122. The Balaban J connectivity index is 2.70. The second-order valence-electron chi connectivity index (χ2n) is 5.36. The quantitative estimate of drug-likeness (QED) is 0.878. The summed E-state index contributed by atoms with van der Waals surface area (Å²) < 4.78 is 0. The molecule has 3 nitrogen and oxygen atoms in total. The molecule has 1 rings (SSSR count). The van der Waals surface area contributed by atoms with Gasteiger partial charge < -0.3 is 5.73 Å². The first-order valence-electron chi connectivity index (χ1n) is 6.06. The normalized spacial score (nSPS) is 13.7. The van der Waals surface area contributed by atoms with Crippen LogP contribution in [0.25, 0.3) is 0 Å². The highest BCUT2D eigenvalue weighted by Gasteiger charge is 2.20. The maximum absolute atomic E-state index is 11.9. The predicted octanol–water partition coefficient (Wildman–Crippen LogP) is 2.54. The van der Waals surface area contributed by atoms with Gasteiger partial charge in [0, 0.05) is 23.3 Å². The summed E-state index contributed by atoms with van der Waals surface area (Å²) in [5, 5.41) is 2.96. The maximum Gasteiger partial charge on any atom is 0.144 e. The lowest BCUT2D eigenvalue weighted by Crippen LogP contribution is -2.24. The van der Waals surface area contributed by atoms with Crippen LogP contribution in [0, 0.1) is 5.92 Å². The number of nitrogens with two attached hydrogens (primary N) is 1. The molecule has 0 aliphatic heterocycles. The van der Waals surface area contributed by atoms with E-state index in [4.69, 9.17) is 5.73 Å². The summed E-state index contributed by atoms with van der Waals surface area (Å²) in [6.07, 6.45) is 1.24. The van der Waals surface area contributed by atoms with Crippen molar-refractivity contribution in [2.75, 3.05) is 6.54 Å². The van der Waals surface area contributed by atoms with Gasteiger partial charge in [0.25, 0.3) is 0 Å². The fourth-order valence-electron chi connectivity index (χ4n) is 1.56. The Labute approximate surface area is 107 Å². The molecule has 0 radical (unpaired) electrons. The van der Waals surface area contributed by atoms with Gasteiger partial charge in [0.15, 0.2) is 0 Å². The summed E-state index contributed by atoms with van der Waals surface area (Å²) in [6, 6.07) is 0. The Bertz CT molecular complexity index is 375. The number of Topliss-reactive ketones (excluding diaryl/α,β-unsaturated/α-hetero) is 1. The molecular weight excluding hydrogens is 232 g/mol. The van der Waals surface area contributed by atoms with Crippen LogP contribution in [0.1, 0.15) is 44.8 Å². The molecular formula is C13H22N2OS. The van der Waals surface area contributed by atoms with E-state index >= 15 is 0 Å². The van der Waals surface area contributed by atoms with Gasteiger partial charge >= 0.3 is 0 Å². The molecule has 0 saturated heterocycles. The zero-order valence-corrected chi connectivity index (χ0v) is 11.9. The Kier molecular flexibility index (Phi) is 4.83. The zero-order chi connectivity index (χ0) is 13.1. The number of nitrogens with zero attached hydrogens (tertiary/aromatic N) is 1. The van der Waals surface area contributed by atoms with E-state index in [-0.39, 0.29) is 17.1 Å². The minimum Gasteiger partial charge on any atom is -0.330 e. The lowest BCUT2D eigenvalue weighted by Gasteiger charge is -2.14. The summed E-state index contributed by atoms with van der Waals surface area (Å²) in [7, 11) is 0. The van der Waals surface area contributed by atoms with Crippen molar-refractivity contribution in [2.45, 2.75) is 46.0 Å². The van der Waals surface area contributed by atoms with Gasteiger partial charge in [-0.25, -0.2) is 4.98 Å². The number of carbonyl (C=O) groups excluding carboxylic acids is 1. The zero-order valence-electron chi connectivity index (χ0n) is 11.1. The molecule has 0 amide bonds. The number of carbonyl (C=O) groups is 1. The van der Waals surface area contributed by atoms with E-state index in [2.05, 4.69) is 25.8 Å². The highest BCUT2D eigenvalue weighted by Crippen LogP contribution is 2.24. The smallest absolute Gasteiger partial charge is 0.144 e. The summed E-state index contributed by atoms with van der Waals surface area (Å²) in [6.45, 7) is 8.82. The highest BCUT2D eigenvalue weighted by atomic mass is 32.1. The van der Waals surface area contributed by atoms with Crippen LogP contribution < -0.4 is 5.73 Å². The van der Waals surface area contributed by atoms with E-state index in [1.165, 1.54) is 0 Å². The third-order valence-corrected chi connectivity index (χ3v) is 3.73. The molecule has 0 fully saturated rings. The summed E-state index contributed by atoms with van der Waals surface area (Å²) in [4.78, 5) is 16.4. The van der Waals surface area contributed by atoms with Gasteiger partial charge in [0.2, 0.25) is 0 Å². The van der Waals surface area contributed by atoms with Gasteiger partial charge in [-0.05, 0) is 6.42 Å². The van der Waals surface area contributed by atoms with Crippen LogP contribution >= 0.6 is 11.3 Å². The Morgan fingerprint density at radius 2 is 2.18 bits per heavy atom. The van der Waals surface area contributed by atoms with Crippen LogP contribution in [0.5, 0.6) is 0 Å². The SMILES string of the molecule is CCC(CN)C(=O)Cc1nc(C(C)(C)C)cs1. The van der Waals surface area contributed by atoms with Gasteiger partial charge in [-0.15, -0.1) is 11.3 Å². The van der Waals surface area contributed by atoms with Crippen molar-refractivity contribution in [3.05, 3.63) is 16.1 Å². The fraction of sp³-hybridized carbons (Fsp3) is 0.692. The average Bonchev–Trinajstić information content (AvgIpc) is 2.67. The van der Waals surface area contributed by atoms with Gasteiger partial charge in [-0.3, -0.25) is 4.79 Å². The summed E-state index contributed by atoms with van der Waals surface area (Å²) in [5.41, 5.74) is 6.69. The van der Waals surface area contributed by atoms with E-state index in [0.717, 1.165) is 17.1 Å². The summed E-state index contributed by atoms with van der Waals surface area (Å²) in [5.74, 6) is 0.196. The minimum absolute atomic E-state index is 0.0167. The molecule has 0 spiro atoms. The van der Waals surface area contributed by atoms with E-state index < -0.39 is 0 Å². The Morgan fingerprint density at radius 3 is 2.59 bits per heavy atom. The predicted molar refractivity (Wildman–Crippen MR) is 72.4 cm³/mol. The molecule has 0 bridgehead atoms. The van der Waals surface area contributed by atoms with Crippen molar-refractivity contribution < 1.29 is 4.79 Å². The van der Waals surface area contributed by atoms with Crippen LogP contribution in [-0.4, -0.2) is 17.3 Å². The third-order valence-electron chi connectivity index (χ3n) is 2.88. The minimum atomic E-state index is -0.0167. The summed E-state index contributed by atoms with van der Waals surface area (Å²) >= 11 is 1.57. The number of hydrogen-bond donors (Lipinski definition) is 1. The Morgan fingerprint density at radius 1 is 1.53 bits per heavy atom. The van der Waals surface area contributed by atoms with Crippen LogP contribution in [0.3, 0.4) is 0 Å². The van der Waals surface area contributed by atoms with Crippen LogP contribution in [0.4, 0.5) is 0 Å². The molecule has 17 heavy (non-hydrogen) atoms. The molecule has 1 aromatic heterocycles. The van der Waals surface area contributed by atoms with E-state index in [0.29, 0.717) is 13.0 Å². The van der Waals surface area contributed by atoms with Gasteiger partial charge in [-0.1, -0.05) is 27.7 Å².